The Kier molecular flexibility index (Phi) is 32.9. The molecule has 0 saturated heterocycles. The van der Waals surface area contributed by atoms with Gasteiger partial charge in [0, 0.05) is 12.1 Å². The van der Waals surface area contributed by atoms with Crippen molar-refractivity contribution in [3.8, 4) is 46.0 Å². The van der Waals surface area contributed by atoms with Gasteiger partial charge in [0.25, 0.3) is 0 Å². The van der Waals surface area contributed by atoms with E-state index in [4.69, 9.17) is 75.8 Å². The minimum Gasteiger partial charge on any atom is -0.491 e. The second-order valence-electron chi connectivity index (χ2n) is 24.9. The molecule has 0 amide bonds. The Morgan fingerprint density at radius 3 is 0.463 bits per heavy atom. The highest BCUT2D eigenvalue weighted by atomic mass is 16.6. The van der Waals surface area contributed by atoms with Crippen LogP contribution in [0.25, 0.3) is 0 Å². The molecule has 11 aromatic carbocycles. The van der Waals surface area contributed by atoms with E-state index in [-0.39, 0.29) is 0 Å². The first-order chi connectivity index (χ1) is 53.6. The highest BCUT2D eigenvalue weighted by molar-refractivity contribution is 5.62. The number of ether oxygens (including phenoxy) is 16. The second kappa shape index (κ2) is 45.2. The molecule has 0 fully saturated rings. The maximum absolute atomic E-state index is 6.09. The lowest BCUT2D eigenvalue weighted by molar-refractivity contribution is 0.0265. The van der Waals surface area contributed by atoms with Gasteiger partial charge in [-0.1, -0.05) is 218 Å². The summed E-state index contributed by atoms with van der Waals surface area (Å²) in [4.78, 5) is 0. The molecule has 0 bridgehead atoms. The average molecular weight is 1460 g/mol. The van der Waals surface area contributed by atoms with Crippen LogP contribution >= 0.6 is 0 Å². The number of benzene rings is 11. The van der Waals surface area contributed by atoms with Gasteiger partial charge in [0.1, 0.15) is 98.9 Å². The molecule has 0 heterocycles. The van der Waals surface area contributed by atoms with Crippen LogP contribution in [-0.4, -0.2) is 159 Å². The van der Waals surface area contributed by atoms with Gasteiger partial charge >= 0.3 is 0 Å². The van der Waals surface area contributed by atoms with Gasteiger partial charge in [-0.15, -0.1) is 0 Å². The Labute approximate surface area is 635 Å². The van der Waals surface area contributed by atoms with Crippen molar-refractivity contribution in [2.24, 2.45) is 0 Å². The molecule has 0 N–H and O–H groups in total. The minimum atomic E-state index is -0.502. The van der Waals surface area contributed by atoms with Gasteiger partial charge in [-0.3, -0.25) is 0 Å². The van der Waals surface area contributed by atoms with Crippen molar-refractivity contribution in [3.63, 3.8) is 0 Å². The molecule has 562 valence electrons. The van der Waals surface area contributed by atoms with E-state index >= 15 is 0 Å². The molecular weight excluding hydrogens is 1360 g/mol. The summed E-state index contributed by atoms with van der Waals surface area (Å²) in [6.07, 6.45) is 0. The van der Waals surface area contributed by atoms with E-state index in [1.165, 1.54) is 33.4 Å². The molecule has 0 unspecified atom stereocenters. The van der Waals surface area contributed by atoms with Crippen LogP contribution in [-0.2, 0) is 48.7 Å². The van der Waals surface area contributed by atoms with Crippen LogP contribution in [0.1, 0.15) is 44.5 Å². The monoisotopic (exact) mass is 1460 g/mol. The van der Waals surface area contributed by atoms with Crippen molar-refractivity contribution in [1.82, 2.24) is 0 Å². The molecule has 11 rings (SSSR count). The third-order valence-corrected chi connectivity index (χ3v) is 17.7. The molecule has 0 atom stereocenters. The van der Waals surface area contributed by atoms with E-state index in [0.717, 1.165) is 34.1 Å². The zero-order chi connectivity index (χ0) is 73.9. The summed E-state index contributed by atoms with van der Waals surface area (Å²) in [6.45, 7) is 10.2. The predicted molar refractivity (Wildman–Crippen MR) is 419 cm³/mol. The summed E-state index contributed by atoms with van der Waals surface area (Å²) in [5.41, 5.74) is 8.48. The van der Waals surface area contributed by atoms with Crippen molar-refractivity contribution >= 4 is 0 Å². The highest BCUT2D eigenvalue weighted by Crippen LogP contribution is 2.47. The van der Waals surface area contributed by atoms with Crippen molar-refractivity contribution in [2.75, 3.05) is 159 Å². The lowest BCUT2D eigenvalue weighted by Gasteiger charge is -2.36. The third-order valence-electron chi connectivity index (χ3n) is 17.7. The summed E-state index contributed by atoms with van der Waals surface area (Å²) in [6, 6.07) is 103. The fourth-order valence-electron chi connectivity index (χ4n) is 12.7. The molecule has 0 spiro atoms. The summed E-state index contributed by atoms with van der Waals surface area (Å²) in [5, 5.41) is 0. The second-order valence-corrected chi connectivity index (χ2v) is 24.9. The Morgan fingerprint density at radius 1 is 0.130 bits per heavy atom. The number of hydrogen-bond acceptors (Lipinski definition) is 16. The van der Waals surface area contributed by atoms with Gasteiger partial charge in [-0.25, -0.2) is 0 Å². The lowest BCUT2D eigenvalue weighted by Crippen LogP contribution is -2.30. The van der Waals surface area contributed by atoms with Crippen LogP contribution in [0.15, 0.2) is 303 Å². The molecule has 0 radical (unpaired) electrons. The van der Waals surface area contributed by atoms with Gasteiger partial charge < -0.3 is 75.8 Å². The molecule has 0 saturated carbocycles. The van der Waals surface area contributed by atoms with E-state index in [1.807, 2.05) is 97.1 Å². The maximum Gasteiger partial charge on any atom is 0.123 e. The van der Waals surface area contributed by atoms with Gasteiger partial charge in [-0.2, -0.15) is 0 Å². The Balaban J connectivity index is 0.442. The minimum absolute atomic E-state index is 0.389. The molecule has 11 aromatic rings. The molecular formula is C92H98O16. The largest absolute Gasteiger partial charge is 0.491 e. The smallest absolute Gasteiger partial charge is 0.123 e. The zero-order valence-electron chi connectivity index (χ0n) is 61.4. The van der Waals surface area contributed by atoms with Gasteiger partial charge in [0.2, 0.25) is 0 Å². The van der Waals surface area contributed by atoms with Crippen molar-refractivity contribution in [3.05, 3.63) is 348 Å². The predicted octanol–water partition coefficient (Wildman–Crippen LogP) is 16.4. The topological polar surface area (TPSA) is 148 Å². The van der Waals surface area contributed by atoms with Crippen LogP contribution in [0.4, 0.5) is 0 Å². The summed E-state index contributed by atoms with van der Waals surface area (Å²) in [7, 11) is 0. The first-order valence-corrected chi connectivity index (χ1v) is 37.1. The van der Waals surface area contributed by atoms with Crippen LogP contribution < -0.4 is 37.9 Å². The molecule has 108 heavy (non-hydrogen) atoms. The van der Waals surface area contributed by atoms with Gasteiger partial charge in [0.05, 0.1) is 117 Å². The summed E-state index contributed by atoms with van der Waals surface area (Å²) in [5.74, 6) is 5.80. The highest BCUT2D eigenvalue weighted by Gasteiger charge is 2.39. The zero-order valence-corrected chi connectivity index (χ0v) is 61.4. The van der Waals surface area contributed by atoms with Crippen LogP contribution in [0.2, 0.25) is 0 Å². The van der Waals surface area contributed by atoms with Crippen LogP contribution in [0.3, 0.4) is 0 Å². The Bertz CT molecular complexity index is 3710. The normalized spacial score (nSPS) is 11.4. The third kappa shape index (κ3) is 24.3. The quantitative estimate of drug-likeness (QED) is 0.0263. The fourth-order valence-corrected chi connectivity index (χ4v) is 12.7. The first-order valence-electron chi connectivity index (χ1n) is 37.1. The van der Waals surface area contributed by atoms with E-state index in [1.54, 1.807) is 0 Å². The van der Waals surface area contributed by atoms with E-state index in [2.05, 4.69) is 206 Å². The van der Waals surface area contributed by atoms with Gasteiger partial charge in [-0.05, 0) is 117 Å². The average Bonchev–Trinajstić information content (AvgIpc) is 0.744. The van der Waals surface area contributed by atoms with Crippen molar-refractivity contribution < 1.29 is 75.8 Å². The number of rotatable bonds is 52. The molecule has 0 aliphatic heterocycles. The lowest BCUT2D eigenvalue weighted by atomic mass is 9.65. The van der Waals surface area contributed by atoms with Crippen LogP contribution in [0.5, 0.6) is 46.0 Å². The first kappa shape index (κ1) is 78.6. The Hall–Kier alpha value is -10.5. The van der Waals surface area contributed by atoms with Crippen molar-refractivity contribution in [1.29, 1.82) is 0 Å². The van der Waals surface area contributed by atoms with E-state index in [9.17, 15) is 0 Å². The Morgan fingerprint density at radius 2 is 0.278 bits per heavy atom. The van der Waals surface area contributed by atoms with Gasteiger partial charge in [0.15, 0.2) is 0 Å². The number of hydrogen-bond donors (Lipinski definition) is 0. The standard InChI is InChI=1S/C92H98O16/c1-7-21-75(22-8-1)91(76-23-9-2-10-24-76,77-25-11-3-12-26-77)81-37-41-83(42-38-81)101-65-57-93-49-53-97-61-69-105-87-33-19-35-89(73-87)107-71-63-99-55-51-95-59-67-103-85-45-47-86(48-46-85)104-68-60-96-52-56-100-64-72-108-90-36-20-34-88(74-90)106-70-62-98-54-50-94-58-66-102-84-43-39-82(40-44-84)92(78-27-13-4-14-28-78,79-29-15-5-16-30-79)80-31-17-6-18-32-80/h1-48,73-74H,49-72H2. The van der Waals surface area contributed by atoms with Crippen LogP contribution in [0, 0.1) is 0 Å². The van der Waals surface area contributed by atoms with Crippen molar-refractivity contribution in [2.45, 2.75) is 10.8 Å². The van der Waals surface area contributed by atoms with E-state index < -0.39 is 10.8 Å². The van der Waals surface area contributed by atoms with E-state index in [0.29, 0.717) is 182 Å². The fraction of sp³-hybridized carbons (Fsp3) is 0.283. The molecule has 0 aliphatic carbocycles. The SMILES string of the molecule is c1ccc(C(c2ccccc2)(c2ccccc2)c2ccc(OCCOCCOCCOc3cccc(OCCOCCOCCOc4ccc(OCCOCCOCCOc5cccc(OCCOCCOCCOc6ccc(C(c7ccccc7)(c7ccccc7)c7ccccc7)cc6)c5)cc4)c3)cc2)cc1. The molecule has 16 heteroatoms. The summed E-state index contributed by atoms with van der Waals surface area (Å²) < 4.78 is 93.3. The molecule has 0 aromatic heterocycles. The summed E-state index contributed by atoms with van der Waals surface area (Å²) >= 11 is 0. The molecule has 16 nitrogen and oxygen atoms in total. The molecule has 0 aliphatic rings. The maximum atomic E-state index is 6.09.